The van der Waals surface area contributed by atoms with Gasteiger partial charge in [-0.2, -0.15) is 15.5 Å². The van der Waals surface area contributed by atoms with Crippen molar-refractivity contribution < 1.29 is 9.90 Å². The van der Waals surface area contributed by atoms with E-state index in [1.807, 2.05) is 61.7 Å². The number of hydrogen-bond donors (Lipinski definition) is 1. The SMILES string of the molecule is Cc1cccc(-c2nn(Cc3cccc(C#N)c3)cc2-c2ccc3ncnn3c2/C=C/C(=O)O)n1. The largest absolute Gasteiger partial charge is 0.478 e. The molecule has 9 heteroatoms. The summed E-state index contributed by atoms with van der Waals surface area (Å²) < 4.78 is 3.39. The van der Waals surface area contributed by atoms with Gasteiger partial charge in [-0.15, -0.1) is 0 Å². The van der Waals surface area contributed by atoms with E-state index in [-0.39, 0.29) is 0 Å². The van der Waals surface area contributed by atoms with Crippen molar-refractivity contribution in [3.63, 3.8) is 0 Å². The second-order valence-electron chi connectivity index (χ2n) is 7.90. The Balaban J connectivity index is 1.71. The Morgan fingerprint density at radius 2 is 2.00 bits per heavy atom. The first-order valence-electron chi connectivity index (χ1n) is 10.8. The first-order chi connectivity index (χ1) is 17.0. The Bertz CT molecular complexity index is 1640. The third-order valence-corrected chi connectivity index (χ3v) is 5.44. The van der Waals surface area contributed by atoms with Gasteiger partial charge in [0.15, 0.2) is 5.65 Å². The van der Waals surface area contributed by atoms with Gasteiger partial charge in [-0.25, -0.2) is 14.3 Å². The van der Waals surface area contributed by atoms with Gasteiger partial charge in [0.1, 0.15) is 12.0 Å². The maximum atomic E-state index is 11.3. The molecule has 0 spiro atoms. The van der Waals surface area contributed by atoms with E-state index < -0.39 is 5.97 Å². The summed E-state index contributed by atoms with van der Waals surface area (Å²) in [5.74, 6) is -1.07. The zero-order chi connectivity index (χ0) is 24.4. The standard InChI is InChI=1S/C26H19N7O2/c1-17-4-2-7-22(30-17)26-21(15-32(31-26)14-19-6-3-5-18(12-19)13-27)20-8-10-24-28-16-29-33(24)23(20)9-11-25(34)35/h2-12,15-16H,14H2,1H3,(H,34,35)/b11-9+. The summed E-state index contributed by atoms with van der Waals surface area (Å²) in [7, 11) is 0. The number of benzene rings is 1. The molecule has 170 valence electrons. The molecule has 0 fully saturated rings. The van der Waals surface area contributed by atoms with Gasteiger partial charge in [-0.1, -0.05) is 18.2 Å². The fraction of sp³-hybridized carbons (Fsp3) is 0.0769. The monoisotopic (exact) mass is 461 g/mol. The average Bonchev–Trinajstić information content (AvgIpc) is 3.50. The van der Waals surface area contributed by atoms with E-state index in [2.05, 4.69) is 21.1 Å². The van der Waals surface area contributed by atoms with Gasteiger partial charge in [-0.3, -0.25) is 9.67 Å². The molecular weight excluding hydrogens is 442 g/mol. The molecule has 5 rings (SSSR count). The van der Waals surface area contributed by atoms with Crippen LogP contribution in [0.3, 0.4) is 0 Å². The topological polar surface area (TPSA) is 122 Å². The van der Waals surface area contributed by atoms with Crippen molar-refractivity contribution in [2.45, 2.75) is 13.5 Å². The highest BCUT2D eigenvalue weighted by molar-refractivity contribution is 5.89. The van der Waals surface area contributed by atoms with Crippen LogP contribution in [0.2, 0.25) is 0 Å². The lowest BCUT2D eigenvalue weighted by Crippen LogP contribution is -2.01. The molecule has 0 saturated carbocycles. The molecule has 0 aliphatic carbocycles. The van der Waals surface area contributed by atoms with Crippen LogP contribution in [0.15, 0.2) is 73.2 Å². The lowest BCUT2D eigenvalue weighted by molar-refractivity contribution is -0.131. The van der Waals surface area contributed by atoms with E-state index in [0.717, 1.165) is 28.5 Å². The molecule has 0 amide bonds. The molecule has 0 unspecified atom stereocenters. The number of fused-ring (bicyclic) bond motifs is 1. The fourth-order valence-corrected chi connectivity index (χ4v) is 3.94. The van der Waals surface area contributed by atoms with Crippen LogP contribution in [-0.4, -0.2) is 40.4 Å². The Kier molecular flexibility index (Phi) is 5.61. The Morgan fingerprint density at radius 1 is 1.14 bits per heavy atom. The predicted octanol–water partition coefficient (Wildman–Crippen LogP) is 3.98. The molecule has 4 heterocycles. The Labute approximate surface area is 200 Å². The molecular formula is C26H19N7O2. The minimum Gasteiger partial charge on any atom is -0.478 e. The predicted molar refractivity (Wildman–Crippen MR) is 129 cm³/mol. The number of carboxylic acids is 1. The van der Waals surface area contributed by atoms with Crippen LogP contribution in [0.1, 0.15) is 22.5 Å². The third kappa shape index (κ3) is 4.41. The summed E-state index contributed by atoms with van der Waals surface area (Å²) in [6, 6.07) is 18.9. The van der Waals surface area contributed by atoms with E-state index in [1.165, 1.54) is 12.4 Å². The third-order valence-electron chi connectivity index (χ3n) is 5.44. The second-order valence-corrected chi connectivity index (χ2v) is 7.90. The van der Waals surface area contributed by atoms with Gasteiger partial charge in [0.05, 0.1) is 29.6 Å². The number of aryl methyl sites for hydroxylation is 1. The molecule has 9 nitrogen and oxygen atoms in total. The van der Waals surface area contributed by atoms with Crippen LogP contribution < -0.4 is 0 Å². The van der Waals surface area contributed by atoms with E-state index in [9.17, 15) is 15.2 Å². The molecule has 1 N–H and O–H groups in total. The van der Waals surface area contributed by atoms with E-state index in [4.69, 9.17) is 5.10 Å². The maximum absolute atomic E-state index is 11.3. The lowest BCUT2D eigenvalue weighted by Gasteiger charge is -2.08. The smallest absolute Gasteiger partial charge is 0.328 e. The number of nitrogens with zero attached hydrogens (tertiary/aromatic N) is 7. The van der Waals surface area contributed by atoms with E-state index in [0.29, 0.717) is 34.8 Å². The summed E-state index contributed by atoms with van der Waals surface area (Å²) >= 11 is 0. The summed E-state index contributed by atoms with van der Waals surface area (Å²) in [6.07, 6.45) is 5.89. The van der Waals surface area contributed by atoms with E-state index >= 15 is 0 Å². The van der Waals surface area contributed by atoms with Crippen LogP contribution in [0.25, 0.3) is 34.2 Å². The molecule has 0 aliphatic rings. The highest BCUT2D eigenvalue weighted by atomic mass is 16.4. The Hall–Kier alpha value is -5.10. The number of hydrogen-bond acceptors (Lipinski definition) is 6. The molecule has 0 bridgehead atoms. The molecule has 5 aromatic rings. The van der Waals surface area contributed by atoms with Crippen LogP contribution in [0, 0.1) is 18.3 Å². The number of pyridine rings is 2. The van der Waals surface area contributed by atoms with Gasteiger partial charge >= 0.3 is 5.97 Å². The number of rotatable bonds is 6. The minimum absolute atomic E-state index is 0.445. The van der Waals surface area contributed by atoms with Crippen LogP contribution in [0.5, 0.6) is 0 Å². The van der Waals surface area contributed by atoms with Crippen LogP contribution >= 0.6 is 0 Å². The quantitative estimate of drug-likeness (QED) is 0.380. The molecule has 35 heavy (non-hydrogen) atoms. The lowest BCUT2D eigenvalue weighted by atomic mass is 10.0. The number of nitriles is 1. The summed E-state index contributed by atoms with van der Waals surface area (Å²) in [6.45, 7) is 2.36. The number of aromatic nitrogens is 6. The van der Waals surface area contributed by atoms with Gasteiger partial charge in [0.25, 0.3) is 0 Å². The second kappa shape index (κ2) is 9.03. The highest BCUT2D eigenvalue weighted by Gasteiger charge is 2.19. The molecule has 0 radical (unpaired) electrons. The first-order valence-corrected chi connectivity index (χ1v) is 10.8. The summed E-state index contributed by atoms with van der Waals surface area (Å²) in [5.41, 5.74) is 6.34. The maximum Gasteiger partial charge on any atom is 0.328 e. The van der Waals surface area contributed by atoms with Gasteiger partial charge in [0.2, 0.25) is 0 Å². The molecule has 1 aromatic carbocycles. The van der Waals surface area contributed by atoms with Crippen LogP contribution in [-0.2, 0) is 11.3 Å². The number of aliphatic carboxylic acids is 1. The number of carboxylic acid groups (broad SMARTS) is 1. The van der Waals surface area contributed by atoms with Crippen molar-refractivity contribution in [3.8, 4) is 28.6 Å². The molecule has 0 aliphatic heterocycles. The molecule has 4 aromatic heterocycles. The Morgan fingerprint density at radius 3 is 2.80 bits per heavy atom. The zero-order valence-electron chi connectivity index (χ0n) is 18.7. The van der Waals surface area contributed by atoms with Crippen molar-refractivity contribution in [2.75, 3.05) is 0 Å². The van der Waals surface area contributed by atoms with Crippen molar-refractivity contribution in [2.24, 2.45) is 0 Å². The van der Waals surface area contributed by atoms with Gasteiger partial charge in [-0.05, 0) is 55.0 Å². The summed E-state index contributed by atoms with van der Waals surface area (Å²) in [4.78, 5) is 20.2. The van der Waals surface area contributed by atoms with E-state index in [1.54, 1.807) is 15.3 Å². The minimum atomic E-state index is -1.07. The fourth-order valence-electron chi connectivity index (χ4n) is 3.94. The highest BCUT2D eigenvalue weighted by Crippen LogP contribution is 2.33. The van der Waals surface area contributed by atoms with Crippen molar-refractivity contribution in [1.82, 2.24) is 29.4 Å². The normalized spacial score (nSPS) is 11.2. The van der Waals surface area contributed by atoms with Gasteiger partial charge < -0.3 is 5.11 Å². The first kappa shape index (κ1) is 21.7. The van der Waals surface area contributed by atoms with Crippen LogP contribution in [0.4, 0.5) is 0 Å². The number of carbonyl (C=O) groups is 1. The zero-order valence-corrected chi connectivity index (χ0v) is 18.7. The average molecular weight is 461 g/mol. The molecule has 0 atom stereocenters. The van der Waals surface area contributed by atoms with Crippen molar-refractivity contribution in [3.05, 3.63) is 95.7 Å². The van der Waals surface area contributed by atoms with Crippen molar-refractivity contribution >= 4 is 17.7 Å². The van der Waals surface area contributed by atoms with Crippen molar-refractivity contribution in [1.29, 1.82) is 5.26 Å². The summed E-state index contributed by atoms with van der Waals surface area (Å²) in [5, 5.41) is 27.6. The molecule has 0 saturated heterocycles. The van der Waals surface area contributed by atoms with Gasteiger partial charge in [0, 0.05) is 29.1 Å².